The third kappa shape index (κ3) is 3.78. The Bertz CT molecular complexity index is 501. The lowest BCUT2D eigenvalue weighted by Gasteiger charge is -2.36. The maximum atomic E-state index is 11.9. The van der Waals surface area contributed by atoms with Crippen molar-refractivity contribution in [2.75, 3.05) is 6.61 Å². The third-order valence-electron chi connectivity index (χ3n) is 3.00. The van der Waals surface area contributed by atoms with Gasteiger partial charge in [0, 0.05) is 6.92 Å². The van der Waals surface area contributed by atoms with Crippen LogP contribution in [0.5, 0.6) is 0 Å². The summed E-state index contributed by atoms with van der Waals surface area (Å²) in [6.45, 7) is 1.00. The molecule has 1 saturated heterocycles. The average molecular weight is 296 g/mol. The molecular formula is C14H16O7. The number of benzene rings is 1. The summed E-state index contributed by atoms with van der Waals surface area (Å²) in [5.41, 5.74) is 0.270. The van der Waals surface area contributed by atoms with E-state index in [9.17, 15) is 19.8 Å². The van der Waals surface area contributed by atoms with Crippen LogP contribution < -0.4 is 0 Å². The SMILES string of the molecule is CC(=O)O[C@H]1CO[C@H](O)[C@H](OC(=O)c2ccccc2)[C@H]1O. The van der Waals surface area contributed by atoms with Gasteiger partial charge in [-0.3, -0.25) is 4.79 Å². The van der Waals surface area contributed by atoms with Crippen LogP contribution in [-0.4, -0.2) is 53.4 Å². The first kappa shape index (κ1) is 15.4. The monoisotopic (exact) mass is 296 g/mol. The van der Waals surface area contributed by atoms with Crippen molar-refractivity contribution in [1.29, 1.82) is 0 Å². The Labute approximate surface area is 121 Å². The van der Waals surface area contributed by atoms with Crippen molar-refractivity contribution in [2.24, 2.45) is 0 Å². The molecule has 2 rings (SSSR count). The second-order valence-corrected chi connectivity index (χ2v) is 4.60. The molecule has 7 nitrogen and oxygen atoms in total. The number of hydrogen-bond donors (Lipinski definition) is 2. The zero-order valence-electron chi connectivity index (χ0n) is 11.3. The van der Waals surface area contributed by atoms with Gasteiger partial charge in [0.15, 0.2) is 18.5 Å². The molecule has 2 N–H and O–H groups in total. The van der Waals surface area contributed by atoms with Crippen LogP contribution in [0.3, 0.4) is 0 Å². The first-order valence-corrected chi connectivity index (χ1v) is 6.40. The van der Waals surface area contributed by atoms with Crippen LogP contribution >= 0.6 is 0 Å². The maximum absolute atomic E-state index is 11.9. The highest BCUT2D eigenvalue weighted by molar-refractivity contribution is 5.89. The molecule has 0 bridgehead atoms. The smallest absolute Gasteiger partial charge is 0.338 e. The number of aliphatic hydroxyl groups is 2. The van der Waals surface area contributed by atoms with Crippen LogP contribution in [0.1, 0.15) is 17.3 Å². The highest BCUT2D eigenvalue weighted by Crippen LogP contribution is 2.21. The quantitative estimate of drug-likeness (QED) is 0.748. The van der Waals surface area contributed by atoms with E-state index in [-0.39, 0.29) is 12.2 Å². The first-order valence-electron chi connectivity index (χ1n) is 6.40. The number of ether oxygens (including phenoxy) is 3. The van der Waals surface area contributed by atoms with E-state index in [0.29, 0.717) is 0 Å². The normalized spacial score (nSPS) is 28.7. The van der Waals surface area contributed by atoms with Crippen molar-refractivity contribution in [2.45, 2.75) is 31.5 Å². The van der Waals surface area contributed by atoms with Gasteiger partial charge in [-0.25, -0.2) is 4.79 Å². The van der Waals surface area contributed by atoms with Crippen LogP contribution in [-0.2, 0) is 19.0 Å². The number of esters is 2. The van der Waals surface area contributed by atoms with Gasteiger partial charge in [-0.2, -0.15) is 0 Å². The molecule has 1 fully saturated rings. The van der Waals surface area contributed by atoms with E-state index in [1.54, 1.807) is 18.2 Å². The fourth-order valence-electron chi connectivity index (χ4n) is 1.98. The second-order valence-electron chi connectivity index (χ2n) is 4.60. The number of carbonyl (C=O) groups excluding carboxylic acids is 2. The standard InChI is InChI=1S/C14H16O7/c1-8(15)20-10-7-19-14(18)12(11(10)16)21-13(17)9-5-3-2-4-6-9/h2-6,10-12,14,16,18H,7H2,1H3/t10-,11-,12+,14-/m0/s1. The van der Waals surface area contributed by atoms with Crippen molar-refractivity contribution in [3.63, 3.8) is 0 Å². The minimum absolute atomic E-state index is 0.179. The molecule has 114 valence electrons. The van der Waals surface area contributed by atoms with E-state index in [2.05, 4.69) is 0 Å². The maximum Gasteiger partial charge on any atom is 0.338 e. The lowest BCUT2D eigenvalue weighted by molar-refractivity contribution is -0.256. The highest BCUT2D eigenvalue weighted by Gasteiger charge is 2.43. The Balaban J connectivity index is 2.06. The Morgan fingerprint density at radius 1 is 1.19 bits per heavy atom. The summed E-state index contributed by atoms with van der Waals surface area (Å²) in [6, 6.07) is 8.12. The summed E-state index contributed by atoms with van der Waals surface area (Å²) in [5, 5.41) is 19.7. The molecule has 0 amide bonds. The van der Waals surface area contributed by atoms with E-state index < -0.39 is 36.5 Å². The molecule has 1 heterocycles. The Morgan fingerprint density at radius 2 is 1.86 bits per heavy atom. The van der Waals surface area contributed by atoms with Crippen LogP contribution in [0.15, 0.2) is 30.3 Å². The molecule has 1 aliphatic heterocycles. The third-order valence-corrected chi connectivity index (χ3v) is 3.00. The molecule has 7 heteroatoms. The van der Waals surface area contributed by atoms with E-state index >= 15 is 0 Å². The molecule has 0 aromatic heterocycles. The number of hydrogen-bond acceptors (Lipinski definition) is 7. The van der Waals surface area contributed by atoms with Crippen LogP contribution in [0, 0.1) is 0 Å². The Hall–Kier alpha value is -1.96. The van der Waals surface area contributed by atoms with Gasteiger partial charge in [0.2, 0.25) is 0 Å². The average Bonchev–Trinajstić information content (AvgIpc) is 2.47. The van der Waals surface area contributed by atoms with Crippen molar-refractivity contribution < 1.29 is 34.0 Å². The van der Waals surface area contributed by atoms with Gasteiger partial charge in [-0.05, 0) is 12.1 Å². The minimum Gasteiger partial charge on any atom is -0.457 e. The van der Waals surface area contributed by atoms with E-state index in [1.807, 2.05) is 0 Å². The summed E-state index contributed by atoms with van der Waals surface area (Å²) >= 11 is 0. The Kier molecular flexibility index (Phi) is 4.89. The molecule has 21 heavy (non-hydrogen) atoms. The molecule has 0 unspecified atom stereocenters. The lowest BCUT2D eigenvalue weighted by Crippen LogP contribution is -2.55. The van der Waals surface area contributed by atoms with Gasteiger partial charge < -0.3 is 24.4 Å². The van der Waals surface area contributed by atoms with Crippen LogP contribution in [0.4, 0.5) is 0 Å². The van der Waals surface area contributed by atoms with Gasteiger partial charge in [-0.15, -0.1) is 0 Å². The molecule has 1 aliphatic rings. The van der Waals surface area contributed by atoms with Crippen molar-refractivity contribution >= 4 is 11.9 Å². The van der Waals surface area contributed by atoms with Crippen LogP contribution in [0.2, 0.25) is 0 Å². The summed E-state index contributed by atoms with van der Waals surface area (Å²) in [7, 11) is 0. The summed E-state index contributed by atoms with van der Waals surface area (Å²) in [6.07, 6.45) is -5.19. The first-order chi connectivity index (χ1) is 9.99. The minimum atomic E-state index is -1.49. The lowest BCUT2D eigenvalue weighted by atomic mass is 10.0. The summed E-state index contributed by atoms with van der Waals surface area (Å²) in [5.74, 6) is -1.32. The molecular weight excluding hydrogens is 280 g/mol. The fraction of sp³-hybridized carbons (Fsp3) is 0.429. The zero-order valence-corrected chi connectivity index (χ0v) is 11.3. The summed E-state index contributed by atoms with van der Waals surface area (Å²) < 4.78 is 14.9. The molecule has 0 aliphatic carbocycles. The molecule has 1 aromatic carbocycles. The predicted molar refractivity (Wildman–Crippen MR) is 69.2 cm³/mol. The molecule has 0 saturated carbocycles. The molecule has 0 spiro atoms. The topological polar surface area (TPSA) is 102 Å². The van der Waals surface area contributed by atoms with Gasteiger partial charge in [-0.1, -0.05) is 18.2 Å². The number of aliphatic hydroxyl groups excluding tert-OH is 2. The van der Waals surface area contributed by atoms with E-state index in [1.165, 1.54) is 19.1 Å². The van der Waals surface area contributed by atoms with Gasteiger partial charge in [0.05, 0.1) is 12.2 Å². The second kappa shape index (κ2) is 6.66. The molecule has 1 aromatic rings. The zero-order chi connectivity index (χ0) is 15.4. The van der Waals surface area contributed by atoms with Crippen LogP contribution in [0.25, 0.3) is 0 Å². The van der Waals surface area contributed by atoms with Crippen molar-refractivity contribution in [3.8, 4) is 0 Å². The largest absolute Gasteiger partial charge is 0.457 e. The predicted octanol–water partition coefficient (Wildman–Crippen LogP) is -0.147. The van der Waals surface area contributed by atoms with E-state index in [4.69, 9.17) is 14.2 Å². The van der Waals surface area contributed by atoms with Gasteiger partial charge in [0.25, 0.3) is 0 Å². The fourth-order valence-corrected chi connectivity index (χ4v) is 1.98. The molecule has 0 radical (unpaired) electrons. The number of carbonyl (C=O) groups is 2. The molecule has 4 atom stereocenters. The van der Waals surface area contributed by atoms with Gasteiger partial charge >= 0.3 is 11.9 Å². The van der Waals surface area contributed by atoms with E-state index in [0.717, 1.165) is 0 Å². The summed E-state index contributed by atoms with van der Waals surface area (Å²) in [4.78, 5) is 22.9. The number of rotatable bonds is 3. The highest BCUT2D eigenvalue weighted by atomic mass is 16.7. The Morgan fingerprint density at radius 3 is 2.48 bits per heavy atom. The van der Waals surface area contributed by atoms with Gasteiger partial charge in [0.1, 0.15) is 6.10 Å². The van der Waals surface area contributed by atoms with Crippen molar-refractivity contribution in [3.05, 3.63) is 35.9 Å². The van der Waals surface area contributed by atoms with Crippen molar-refractivity contribution in [1.82, 2.24) is 0 Å².